The molecule has 1 atom stereocenters. The molecular formula is C12H15N3O3S. The van der Waals surface area contributed by atoms with Crippen molar-refractivity contribution in [1.29, 1.82) is 0 Å². The summed E-state index contributed by atoms with van der Waals surface area (Å²) in [6, 6.07) is 6.87. The highest BCUT2D eigenvalue weighted by molar-refractivity contribution is 7.89. The van der Waals surface area contributed by atoms with Gasteiger partial charge >= 0.3 is 0 Å². The number of aromatic nitrogens is 1. The van der Waals surface area contributed by atoms with Crippen LogP contribution in [0.1, 0.15) is 24.3 Å². The Labute approximate surface area is 111 Å². The molecule has 0 fully saturated rings. The van der Waals surface area contributed by atoms with Crippen molar-refractivity contribution in [3.8, 4) is 0 Å². The summed E-state index contributed by atoms with van der Waals surface area (Å²) in [5.74, 6) is 0.518. The first kappa shape index (κ1) is 13.7. The minimum atomic E-state index is -3.78. The van der Waals surface area contributed by atoms with Gasteiger partial charge in [-0.25, -0.2) is 13.6 Å². The minimum Gasteiger partial charge on any atom is -0.447 e. The number of pyridine rings is 1. The number of hydrogen-bond donors (Lipinski definition) is 2. The lowest BCUT2D eigenvalue weighted by molar-refractivity contribution is 0.393. The molecule has 7 heteroatoms. The summed E-state index contributed by atoms with van der Waals surface area (Å²) in [6.45, 7) is 2.41. The Hall–Kier alpha value is -1.70. The number of sulfonamides is 1. The van der Waals surface area contributed by atoms with Crippen molar-refractivity contribution < 1.29 is 12.8 Å². The van der Waals surface area contributed by atoms with Gasteiger partial charge in [0.15, 0.2) is 0 Å². The maximum atomic E-state index is 11.1. The smallest absolute Gasteiger partial charge is 0.271 e. The summed E-state index contributed by atoms with van der Waals surface area (Å²) < 4.78 is 27.3. The molecule has 2 heterocycles. The molecular weight excluding hydrogens is 266 g/mol. The zero-order valence-corrected chi connectivity index (χ0v) is 11.2. The fourth-order valence-corrected chi connectivity index (χ4v) is 2.11. The first-order valence-corrected chi connectivity index (χ1v) is 7.26. The van der Waals surface area contributed by atoms with Gasteiger partial charge in [0, 0.05) is 18.4 Å². The van der Waals surface area contributed by atoms with E-state index in [4.69, 9.17) is 9.56 Å². The van der Waals surface area contributed by atoms with E-state index in [2.05, 4.69) is 10.3 Å². The van der Waals surface area contributed by atoms with E-state index in [9.17, 15) is 8.42 Å². The van der Waals surface area contributed by atoms with Gasteiger partial charge < -0.3 is 9.73 Å². The zero-order chi connectivity index (χ0) is 13.9. The van der Waals surface area contributed by atoms with Crippen LogP contribution < -0.4 is 10.5 Å². The lowest BCUT2D eigenvalue weighted by atomic mass is 10.1. The summed E-state index contributed by atoms with van der Waals surface area (Å²) in [6.07, 6.45) is 3.44. The predicted molar refractivity (Wildman–Crippen MR) is 69.6 cm³/mol. The molecule has 0 aliphatic rings. The molecule has 2 rings (SSSR count). The summed E-state index contributed by atoms with van der Waals surface area (Å²) in [5.41, 5.74) is 1.09. The van der Waals surface area contributed by atoms with E-state index in [0.717, 1.165) is 5.56 Å². The van der Waals surface area contributed by atoms with Crippen molar-refractivity contribution in [2.45, 2.75) is 24.6 Å². The fraction of sp³-hybridized carbons (Fsp3) is 0.250. The van der Waals surface area contributed by atoms with Gasteiger partial charge in [0.25, 0.3) is 10.0 Å². The van der Waals surface area contributed by atoms with Crippen molar-refractivity contribution >= 4 is 10.0 Å². The minimum absolute atomic E-state index is 0.103. The summed E-state index contributed by atoms with van der Waals surface area (Å²) in [5, 5.41) is 7.97. The first-order chi connectivity index (χ1) is 8.97. The van der Waals surface area contributed by atoms with Gasteiger partial charge in [-0.1, -0.05) is 0 Å². The number of nitrogens with zero attached hydrogens (tertiary/aromatic N) is 1. The van der Waals surface area contributed by atoms with Crippen LogP contribution in [0.4, 0.5) is 0 Å². The largest absolute Gasteiger partial charge is 0.447 e. The van der Waals surface area contributed by atoms with E-state index in [1.54, 1.807) is 18.5 Å². The summed E-state index contributed by atoms with van der Waals surface area (Å²) >= 11 is 0. The Kier molecular flexibility index (Phi) is 3.98. The third-order valence-corrected chi connectivity index (χ3v) is 3.49. The number of nitrogens with one attached hydrogen (secondary N) is 1. The van der Waals surface area contributed by atoms with E-state index in [-0.39, 0.29) is 11.1 Å². The molecule has 0 bridgehead atoms. The highest BCUT2D eigenvalue weighted by Crippen LogP contribution is 2.15. The molecule has 0 aliphatic heterocycles. The van der Waals surface area contributed by atoms with Crippen molar-refractivity contribution in [3.63, 3.8) is 0 Å². The van der Waals surface area contributed by atoms with Crippen molar-refractivity contribution in [1.82, 2.24) is 10.3 Å². The number of rotatable bonds is 5. The van der Waals surface area contributed by atoms with Gasteiger partial charge in [-0.3, -0.25) is 4.98 Å². The van der Waals surface area contributed by atoms with Crippen LogP contribution in [0.25, 0.3) is 0 Å². The van der Waals surface area contributed by atoms with Crippen LogP contribution in [0.15, 0.2) is 46.2 Å². The molecule has 0 radical (unpaired) electrons. The van der Waals surface area contributed by atoms with Gasteiger partial charge in [-0.15, -0.1) is 0 Å². The normalized spacial score (nSPS) is 13.4. The molecule has 2 aromatic heterocycles. The number of furan rings is 1. The Balaban J connectivity index is 1.98. The maximum absolute atomic E-state index is 11.1. The number of primary sulfonamides is 1. The van der Waals surface area contributed by atoms with Crippen LogP contribution in [0.2, 0.25) is 0 Å². The molecule has 0 aliphatic carbocycles. The van der Waals surface area contributed by atoms with Crippen molar-refractivity contribution in [3.05, 3.63) is 48.0 Å². The molecule has 6 nitrogen and oxygen atoms in total. The van der Waals surface area contributed by atoms with Crippen LogP contribution in [0.5, 0.6) is 0 Å². The van der Waals surface area contributed by atoms with Gasteiger partial charge in [0.2, 0.25) is 5.09 Å². The quantitative estimate of drug-likeness (QED) is 0.857. The van der Waals surface area contributed by atoms with E-state index in [1.165, 1.54) is 6.07 Å². The van der Waals surface area contributed by atoms with Crippen LogP contribution in [0.3, 0.4) is 0 Å². The average Bonchev–Trinajstić information content (AvgIpc) is 2.86. The van der Waals surface area contributed by atoms with E-state index in [0.29, 0.717) is 12.3 Å². The average molecular weight is 281 g/mol. The monoisotopic (exact) mass is 281 g/mol. The lowest BCUT2D eigenvalue weighted by Crippen LogP contribution is -2.17. The third kappa shape index (κ3) is 3.63. The molecule has 2 aromatic rings. The molecule has 102 valence electrons. The van der Waals surface area contributed by atoms with Crippen LogP contribution in [-0.4, -0.2) is 13.4 Å². The SMILES string of the molecule is C[C@@H](NCc1ccc(S(N)(=O)=O)o1)c1ccncc1. The van der Waals surface area contributed by atoms with E-state index in [1.807, 2.05) is 19.1 Å². The van der Waals surface area contributed by atoms with Crippen LogP contribution in [0, 0.1) is 0 Å². The molecule has 0 amide bonds. The summed E-state index contributed by atoms with van der Waals surface area (Å²) in [7, 11) is -3.78. The van der Waals surface area contributed by atoms with Crippen molar-refractivity contribution in [2.24, 2.45) is 5.14 Å². The second-order valence-electron chi connectivity index (χ2n) is 4.15. The van der Waals surface area contributed by atoms with Gasteiger partial charge in [0.05, 0.1) is 6.54 Å². The second kappa shape index (κ2) is 5.52. The number of nitrogens with two attached hydrogens (primary N) is 1. The predicted octanol–water partition coefficient (Wildman–Crippen LogP) is 1.17. The standard InChI is InChI=1S/C12H15N3O3S/c1-9(10-4-6-14-7-5-10)15-8-11-2-3-12(18-11)19(13,16)17/h2-7,9,15H,8H2,1H3,(H2,13,16,17)/t9-/m1/s1. The van der Waals surface area contributed by atoms with E-state index >= 15 is 0 Å². The van der Waals surface area contributed by atoms with Crippen LogP contribution in [-0.2, 0) is 16.6 Å². The molecule has 3 N–H and O–H groups in total. The molecule has 0 saturated heterocycles. The first-order valence-electron chi connectivity index (χ1n) is 5.71. The maximum Gasteiger partial charge on any atom is 0.271 e. The molecule has 0 spiro atoms. The van der Waals surface area contributed by atoms with Gasteiger partial charge in [-0.05, 0) is 36.8 Å². The van der Waals surface area contributed by atoms with Crippen molar-refractivity contribution in [2.75, 3.05) is 0 Å². The highest BCUT2D eigenvalue weighted by Gasteiger charge is 2.13. The molecule has 0 saturated carbocycles. The second-order valence-corrected chi connectivity index (χ2v) is 5.64. The molecule has 0 aromatic carbocycles. The van der Waals surface area contributed by atoms with Gasteiger partial charge in [-0.2, -0.15) is 0 Å². The molecule has 19 heavy (non-hydrogen) atoms. The zero-order valence-electron chi connectivity index (χ0n) is 10.4. The lowest BCUT2D eigenvalue weighted by Gasteiger charge is -2.12. The Morgan fingerprint density at radius 1 is 1.32 bits per heavy atom. The molecule has 0 unspecified atom stereocenters. The topological polar surface area (TPSA) is 98.2 Å². The third-order valence-electron chi connectivity index (χ3n) is 2.71. The van der Waals surface area contributed by atoms with Gasteiger partial charge in [0.1, 0.15) is 5.76 Å². The highest BCUT2D eigenvalue weighted by atomic mass is 32.2. The van der Waals surface area contributed by atoms with Crippen LogP contribution >= 0.6 is 0 Å². The Morgan fingerprint density at radius 3 is 2.58 bits per heavy atom. The Bertz CT molecular complexity index is 637. The van der Waals surface area contributed by atoms with E-state index < -0.39 is 10.0 Å². The summed E-state index contributed by atoms with van der Waals surface area (Å²) in [4.78, 5) is 3.95. The Morgan fingerprint density at radius 2 is 2.00 bits per heavy atom. The fourth-order valence-electron chi connectivity index (χ4n) is 1.63. The number of hydrogen-bond acceptors (Lipinski definition) is 5.